The van der Waals surface area contributed by atoms with Crippen LogP contribution in [-0.2, 0) is 0 Å². The number of hydrogen-bond acceptors (Lipinski definition) is 6. The highest BCUT2D eigenvalue weighted by Gasteiger charge is 2.25. The molecule has 0 spiro atoms. The van der Waals surface area contributed by atoms with E-state index in [1.165, 1.54) is 4.80 Å². The molecule has 2 aromatic heterocycles. The first-order valence-electron chi connectivity index (χ1n) is 12.1. The van der Waals surface area contributed by atoms with Gasteiger partial charge in [-0.05, 0) is 50.8 Å². The van der Waals surface area contributed by atoms with Crippen molar-refractivity contribution in [3.05, 3.63) is 72.1 Å². The molecular formula is C27H31N7O. The highest BCUT2D eigenvalue weighted by molar-refractivity contribution is 5.94. The van der Waals surface area contributed by atoms with Gasteiger partial charge in [0.15, 0.2) is 5.69 Å². The summed E-state index contributed by atoms with van der Waals surface area (Å²) in [5.74, 6) is 0.737. The number of pyridine rings is 1. The Balaban J connectivity index is 1.20. The standard InChI is InChI=1S/C27H31N7O/c1-18-26(32-34(31-18)21-9-5-4-6-10-21)27(35)29-20-15-13-19(14-16-20)28-25-17-24(33(2)3)22-11-7-8-12-23(22)30-25/h4-12,17,19-20H,13-16H2,1-3H3,(H,28,30)(H,29,35). The average molecular weight is 470 g/mol. The van der Waals surface area contributed by atoms with Crippen LogP contribution in [0.5, 0.6) is 0 Å². The fourth-order valence-electron chi connectivity index (χ4n) is 4.71. The molecule has 2 N–H and O–H groups in total. The largest absolute Gasteiger partial charge is 0.377 e. The molecule has 4 aromatic rings. The third-order valence-corrected chi connectivity index (χ3v) is 6.57. The first kappa shape index (κ1) is 22.8. The summed E-state index contributed by atoms with van der Waals surface area (Å²) >= 11 is 0. The van der Waals surface area contributed by atoms with Crippen molar-refractivity contribution in [2.24, 2.45) is 0 Å². The summed E-state index contributed by atoms with van der Waals surface area (Å²) < 4.78 is 0. The van der Waals surface area contributed by atoms with Gasteiger partial charge in [0.2, 0.25) is 0 Å². The monoisotopic (exact) mass is 469 g/mol. The smallest absolute Gasteiger partial charge is 0.273 e. The van der Waals surface area contributed by atoms with Gasteiger partial charge in [-0.25, -0.2) is 4.98 Å². The number of amides is 1. The van der Waals surface area contributed by atoms with Gasteiger partial charge in [-0.1, -0.05) is 36.4 Å². The number of anilines is 2. The summed E-state index contributed by atoms with van der Waals surface area (Å²) in [6.45, 7) is 1.82. The molecule has 1 saturated carbocycles. The SMILES string of the molecule is Cc1nn(-c2ccccc2)nc1C(=O)NC1CCC(Nc2cc(N(C)C)c3ccccc3n2)CC1. The number of nitrogens with zero attached hydrogens (tertiary/aromatic N) is 5. The zero-order chi connectivity index (χ0) is 24.4. The van der Waals surface area contributed by atoms with Crippen molar-refractivity contribution in [3.63, 3.8) is 0 Å². The van der Waals surface area contributed by atoms with Gasteiger partial charge in [0.1, 0.15) is 5.82 Å². The lowest BCUT2D eigenvalue weighted by atomic mass is 9.91. The van der Waals surface area contributed by atoms with Crippen LogP contribution in [0.15, 0.2) is 60.7 Å². The van der Waals surface area contributed by atoms with Crippen LogP contribution in [0.4, 0.5) is 11.5 Å². The maximum Gasteiger partial charge on any atom is 0.273 e. The first-order chi connectivity index (χ1) is 17.0. The van der Waals surface area contributed by atoms with Crippen LogP contribution in [0.1, 0.15) is 41.9 Å². The van der Waals surface area contributed by atoms with Crippen molar-refractivity contribution in [2.75, 3.05) is 24.3 Å². The third-order valence-electron chi connectivity index (χ3n) is 6.57. The number of hydrogen-bond donors (Lipinski definition) is 2. The van der Waals surface area contributed by atoms with Crippen LogP contribution in [0.2, 0.25) is 0 Å². The fourth-order valence-corrected chi connectivity index (χ4v) is 4.71. The van der Waals surface area contributed by atoms with Crippen molar-refractivity contribution in [1.82, 2.24) is 25.3 Å². The third kappa shape index (κ3) is 4.96. The Morgan fingerprint density at radius 3 is 2.37 bits per heavy atom. The second kappa shape index (κ2) is 9.74. The van der Waals surface area contributed by atoms with E-state index < -0.39 is 0 Å². The molecule has 8 heteroatoms. The van der Waals surface area contributed by atoms with E-state index in [-0.39, 0.29) is 11.9 Å². The highest BCUT2D eigenvalue weighted by Crippen LogP contribution is 2.29. The van der Waals surface area contributed by atoms with Gasteiger partial charge in [-0.15, -0.1) is 5.10 Å². The second-order valence-corrected chi connectivity index (χ2v) is 9.36. The average Bonchev–Trinajstić information content (AvgIpc) is 3.27. The van der Waals surface area contributed by atoms with E-state index in [4.69, 9.17) is 4.98 Å². The van der Waals surface area contributed by atoms with Gasteiger partial charge in [0.25, 0.3) is 5.91 Å². The summed E-state index contributed by atoms with van der Waals surface area (Å²) in [4.78, 5) is 21.4. The number of rotatable bonds is 6. The zero-order valence-electron chi connectivity index (χ0n) is 20.4. The van der Waals surface area contributed by atoms with Gasteiger partial charge in [0.05, 0.1) is 16.9 Å². The summed E-state index contributed by atoms with van der Waals surface area (Å²) in [6.07, 6.45) is 3.74. The lowest BCUT2D eigenvalue weighted by Gasteiger charge is -2.30. The molecule has 180 valence electrons. The van der Waals surface area contributed by atoms with E-state index in [9.17, 15) is 4.79 Å². The summed E-state index contributed by atoms with van der Waals surface area (Å²) in [7, 11) is 4.11. The number of carbonyl (C=O) groups is 1. The molecule has 1 aliphatic rings. The highest BCUT2D eigenvalue weighted by atomic mass is 16.2. The number of aromatic nitrogens is 4. The number of fused-ring (bicyclic) bond motifs is 1. The Bertz CT molecular complexity index is 1320. The van der Waals surface area contributed by atoms with Crippen LogP contribution in [0.3, 0.4) is 0 Å². The molecule has 0 saturated heterocycles. The lowest BCUT2D eigenvalue weighted by molar-refractivity contribution is 0.0920. The molecule has 0 atom stereocenters. The molecule has 0 unspecified atom stereocenters. The summed E-state index contributed by atoms with van der Waals surface area (Å²) in [5, 5.41) is 16.8. The van der Waals surface area contributed by atoms with Crippen LogP contribution in [0.25, 0.3) is 16.6 Å². The predicted octanol–water partition coefficient (Wildman–Crippen LogP) is 4.34. The number of carbonyl (C=O) groups excluding carboxylic acids is 1. The van der Waals surface area contributed by atoms with E-state index in [1.807, 2.05) is 49.4 Å². The molecule has 2 heterocycles. The predicted molar refractivity (Wildman–Crippen MR) is 139 cm³/mol. The van der Waals surface area contributed by atoms with Gasteiger partial charge in [-0.3, -0.25) is 4.79 Å². The topological polar surface area (TPSA) is 88.0 Å². The van der Waals surface area contributed by atoms with Crippen molar-refractivity contribution in [3.8, 4) is 5.69 Å². The number of nitrogens with one attached hydrogen (secondary N) is 2. The van der Waals surface area contributed by atoms with E-state index in [0.717, 1.165) is 53.8 Å². The quantitative estimate of drug-likeness (QED) is 0.437. The van der Waals surface area contributed by atoms with Gasteiger partial charge >= 0.3 is 0 Å². The minimum atomic E-state index is -0.159. The Morgan fingerprint density at radius 2 is 1.63 bits per heavy atom. The molecule has 0 radical (unpaired) electrons. The minimum Gasteiger partial charge on any atom is -0.377 e. The minimum absolute atomic E-state index is 0.128. The Hall–Kier alpha value is -3.94. The van der Waals surface area contributed by atoms with Crippen LogP contribution in [-0.4, -0.2) is 52.1 Å². The Labute approximate surface area is 205 Å². The van der Waals surface area contributed by atoms with Crippen molar-refractivity contribution < 1.29 is 4.79 Å². The molecule has 2 aromatic carbocycles. The van der Waals surface area contributed by atoms with Gasteiger partial charge in [0, 0.05) is 43.3 Å². The van der Waals surface area contributed by atoms with Gasteiger partial charge < -0.3 is 15.5 Å². The van der Waals surface area contributed by atoms with Crippen LogP contribution >= 0.6 is 0 Å². The molecular weight excluding hydrogens is 438 g/mol. The molecule has 8 nitrogen and oxygen atoms in total. The normalized spacial score (nSPS) is 17.8. The van der Waals surface area contributed by atoms with Crippen molar-refractivity contribution in [1.29, 1.82) is 0 Å². The Kier molecular flexibility index (Phi) is 6.35. The van der Waals surface area contributed by atoms with E-state index in [2.05, 4.69) is 58.0 Å². The molecule has 0 aliphatic heterocycles. The second-order valence-electron chi connectivity index (χ2n) is 9.36. The molecule has 35 heavy (non-hydrogen) atoms. The van der Waals surface area contributed by atoms with E-state index >= 15 is 0 Å². The lowest BCUT2D eigenvalue weighted by Crippen LogP contribution is -2.40. The maximum atomic E-state index is 12.9. The number of benzene rings is 2. The summed E-state index contributed by atoms with van der Waals surface area (Å²) in [5.41, 5.74) is 3.98. The fraction of sp³-hybridized carbons (Fsp3) is 0.333. The maximum absolute atomic E-state index is 12.9. The van der Waals surface area contributed by atoms with Crippen LogP contribution < -0.4 is 15.5 Å². The van der Waals surface area contributed by atoms with E-state index in [0.29, 0.717) is 17.4 Å². The van der Waals surface area contributed by atoms with Crippen molar-refractivity contribution >= 4 is 28.3 Å². The Morgan fingerprint density at radius 1 is 0.943 bits per heavy atom. The number of para-hydroxylation sites is 2. The number of aryl methyl sites for hydroxylation is 1. The summed E-state index contributed by atoms with van der Waals surface area (Å²) in [6, 6.07) is 20.4. The van der Waals surface area contributed by atoms with E-state index in [1.54, 1.807) is 0 Å². The van der Waals surface area contributed by atoms with Gasteiger partial charge in [-0.2, -0.15) is 9.90 Å². The first-order valence-corrected chi connectivity index (χ1v) is 12.1. The van der Waals surface area contributed by atoms with Crippen molar-refractivity contribution in [2.45, 2.75) is 44.7 Å². The molecule has 1 fully saturated rings. The van der Waals surface area contributed by atoms with Crippen LogP contribution in [0, 0.1) is 6.92 Å². The molecule has 1 amide bonds. The zero-order valence-corrected chi connectivity index (χ0v) is 20.4. The molecule has 1 aliphatic carbocycles. The molecule has 5 rings (SSSR count). The molecule has 0 bridgehead atoms.